The maximum Gasteiger partial charge on any atom is 0.244 e. The van der Waals surface area contributed by atoms with Gasteiger partial charge in [0.1, 0.15) is 18.3 Å². The van der Waals surface area contributed by atoms with E-state index in [2.05, 4.69) is 5.32 Å². The summed E-state index contributed by atoms with van der Waals surface area (Å²) in [5, 5.41) is 3.15. The lowest BCUT2D eigenvalue weighted by atomic mass is 9.95. The second-order valence-corrected chi connectivity index (χ2v) is 11.8. The molecule has 9 heteroatoms. The van der Waals surface area contributed by atoms with Crippen LogP contribution in [-0.4, -0.2) is 57.1 Å². The van der Waals surface area contributed by atoms with Crippen molar-refractivity contribution in [2.75, 3.05) is 24.2 Å². The normalized spacial score (nSPS) is 14.9. The molecule has 0 radical (unpaired) electrons. The quantitative estimate of drug-likeness (QED) is 0.431. The lowest BCUT2D eigenvalue weighted by Crippen LogP contribution is -2.53. The van der Waals surface area contributed by atoms with Gasteiger partial charge in [0, 0.05) is 12.6 Å². The van der Waals surface area contributed by atoms with E-state index < -0.39 is 28.5 Å². The first kappa shape index (κ1) is 29.5. The van der Waals surface area contributed by atoms with E-state index in [9.17, 15) is 18.0 Å². The Morgan fingerprint density at radius 3 is 2.11 bits per heavy atom. The number of aryl methyl sites for hydroxylation is 1. The third-order valence-electron chi connectivity index (χ3n) is 7.16. The summed E-state index contributed by atoms with van der Waals surface area (Å²) in [5.41, 5.74) is 2.31. The van der Waals surface area contributed by atoms with Gasteiger partial charge >= 0.3 is 0 Å². The number of carbonyl (C=O) groups is 2. The molecular weight excluding hydrogens is 502 g/mol. The van der Waals surface area contributed by atoms with Gasteiger partial charge in [-0.15, -0.1) is 0 Å². The molecule has 1 aliphatic carbocycles. The largest absolute Gasteiger partial charge is 0.497 e. The minimum absolute atomic E-state index is 0.104. The molecular formula is C29H41N3O5S. The van der Waals surface area contributed by atoms with Crippen LogP contribution < -0.4 is 14.4 Å². The Morgan fingerprint density at radius 1 is 0.974 bits per heavy atom. The minimum Gasteiger partial charge on any atom is -0.497 e. The zero-order valence-corrected chi connectivity index (χ0v) is 23.8. The Labute approximate surface area is 227 Å². The molecule has 1 saturated carbocycles. The summed E-state index contributed by atoms with van der Waals surface area (Å²) in [7, 11) is -2.17. The summed E-state index contributed by atoms with van der Waals surface area (Å²) in [5.74, 6) is 0.0587. The highest BCUT2D eigenvalue weighted by Crippen LogP contribution is 2.22. The van der Waals surface area contributed by atoms with Crippen LogP contribution in [0.1, 0.15) is 63.5 Å². The maximum atomic E-state index is 13.8. The molecule has 1 atom stereocenters. The topological polar surface area (TPSA) is 96.0 Å². The average molecular weight is 544 g/mol. The van der Waals surface area contributed by atoms with E-state index in [4.69, 9.17) is 4.74 Å². The summed E-state index contributed by atoms with van der Waals surface area (Å²) in [6, 6.07) is 13.8. The van der Waals surface area contributed by atoms with Crippen LogP contribution >= 0.6 is 0 Å². The highest BCUT2D eigenvalue weighted by molar-refractivity contribution is 7.92. The number of rotatable bonds is 12. The molecule has 0 heterocycles. The number of anilines is 1. The number of ether oxygens (including phenoxy) is 1. The van der Waals surface area contributed by atoms with Crippen molar-refractivity contribution in [3.63, 3.8) is 0 Å². The number of sulfonamides is 1. The Morgan fingerprint density at radius 2 is 1.58 bits per heavy atom. The summed E-state index contributed by atoms with van der Waals surface area (Å²) in [6.45, 7) is 3.67. The van der Waals surface area contributed by atoms with E-state index >= 15 is 0 Å². The fraction of sp³-hybridized carbons (Fsp3) is 0.517. The highest BCUT2D eigenvalue weighted by atomic mass is 32.2. The number of amides is 2. The SMILES string of the molecule is CCc1ccc(N(CC(=O)N(Cc2ccc(OC)cc2)C(CC)C(=O)NC2CCCCC2)S(C)(=O)=O)cc1. The molecule has 1 N–H and O–H groups in total. The van der Waals surface area contributed by atoms with E-state index in [-0.39, 0.29) is 18.5 Å². The van der Waals surface area contributed by atoms with Gasteiger partial charge in [-0.25, -0.2) is 8.42 Å². The summed E-state index contributed by atoms with van der Waals surface area (Å²) >= 11 is 0. The number of benzene rings is 2. The first-order chi connectivity index (χ1) is 18.2. The van der Waals surface area contributed by atoms with Crippen molar-refractivity contribution >= 4 is 27.5 Å². The van der Waals surface area contributed by atoms with Gasteiger partial charge in [0.2, 0.25) is 21.8 Å². The van der Waals surface area contributed by atoms with Gasteiger partial charge in [0.05, 0.1) is 19.1 Å². The first-order valence-corrected chi connectivity index (χ1v) is 15.3. The Bertz CT molecular complexity index is 1160. The van der Waals surface area contributed by atoms with Gasteiger partial charge < -0.3 is 15.0 Å². The van der Waals surface area contributed by atoms with Crippen LogP contribution in [-0.2, 0) is 32.6 Å². The second-order valence-electron chi connectivity index (χ2n) is 9.93. The molecule has 2 aromatic rings. The molecule has 1 unspecified atom stereocenters. The van der Waals surface area contributed by atoms with Crippen molar-refractivity contribution < 1.29 is 22.7 Å². The lowest BCUT2D eigenvalue weighted by Gasteiger charge is -2.34. The van der Waals surface area contributed by atoms with Gasteiger partial charge in [-0.3, -0.25) is 13.9 Å². The fourth-order valence-corrected chi connectivity index (χ4v) is 5.75. The van der Waals surface area contributed by atoms with Crippen LogP contribution in [0.25, 0.3) is 0 Å². The van der Waals surface area contributed by atoms with Crippen LogP contribution in [0.15, 0.2) is 48.5 Å². The van der Waals surface area contributed by atoms with Gasteiger partial charge in [-0.1, -0.05) is 57.4 Å². The zero-order chi connectivity index (χ0) is 27.7. The third-order valence-corrected chi connectivity index (χ3v) is 8.30. The monoisotopic (exact) mass is 543 g/mol. The molecule has 38 heavy (non-hydrogen) atoms. The third kappa shape index (κ3) is 7.96. The Hall–Kier alpha value is -3.07. The summed E-state index contributed by atoms with van der Waals surface area (Å²) < 4.78 is 31.9. The zero-order valence-electron chi connectivity index (χ0n) is 23.0. The molecule has 1 aliphatic rings. The molecule has 2 aromatic carbocycles. The molecule has 8 nitrogen and oxygen atoms in total. The number of hydrogen-bond acceptors (Lipinski definition) is 5. The Balaban J connectivity index is 1.90. The molecule has 0 aromatic heterocycles. The van der Waals surface area contributed by atoms with Crippen molar-refractivity contribution in [1.29, 1.82) is 0 Å². The molecule has 3 rings (SSSR count). The standard InChI is InChI=1S/C29H41N3O5S/c1-5-22-12-16-25(17-13-22)32(38(4,35)36)21-28(33)31(20-23-14-18-26(37-3)19-15-23)27(6-2)29(34)30-24-10-8-7-9-11-24/h12-19,24,27H,5-11,20-21H2,1-4H3,(H,30,34). The number of nitrogens with one attached hydrogen (secondary N) is 1. The van der Waals surface area contributed by atoms with E-state index in [1.807, 2.05) is 38.1 Å². The molecule has 0 aliphatic heterocycles. The van der Waals surface area contributed by atoms with E-state index in [1.54, 1.807) is 31.4 Å². The highest BCUT2D eigenvalue weighted by Gasteiger charge is 2.32. The van der Waals surface area contributed by atoms with E-state index in [0.717, 1.165) is 53.8 Å². The molecule has 2 amide bonds. The van der Waals surface area contributed by atoms with Crippen molar-refractivity contribution in [3.05, 3.63) is 59.7 Å². The lowest BCUT2D eigenvalue weighted by molar-refractivity contribution is -0.140. The van der Waals surface area contributed by atoms with Crippen molar-refractivity contribution in [1.82, 2.24) is 10.2 Å². The first-order valence-electron chi connectivity index (χ1n) is 13.5. The molecule has 0 bridgehead atoms. The maximum absolute atomic E-state index is 13.8. The van der Waals surface area contributed by atoms with Gasteiger partial charge in [-0.2, -0.15) is 0 Å². The molecule has 208 valence electrons. The summed E-state index contributed by atoms with van der Waals surface area (Å²) in [4.78, 5) is 28.8. The number of carbonyl (C=O) groups excluding carboxylic acids is 2. The Kier molecular flexibility index (Phi) is 10.6. The van der Waals surface area contributed by atoms with E-state index in [1.165, 1.54) is 11.3 Å². The number of nitrogens with zero attached hydrogens (tertiary/aromatic N) is 2. The van der Waals surface area contributed by atoms with Crippen molar-refractivity contribution in [2.45, 2.75) is 77.4 Å². The van der Waals surface area contributed by atoms with Gasteiger partial charge in [0.15, 0.2) is 0 Å². The van der Waals surface area contributed by atoms with Crippen LogP contribution in [0.2, 0.25) is 0 Å². The van der Waals surface area contributed by atoms with E-state index in [0.29, 0.717) is 17.9 Å². The predicted octanol–water partition coefficient (Wildman–Crippen LogP) is 4.28. The van der Waals surface area contributed by atoms with Gasteiger partial charge in [0.25, 0.3) is 0 Å². The van der Waals surface area contributed by atoms with Crippen LogP contribution in [0.5, 0.6) is 5.75 Å². The van der Waals surface area contributed by atoms with Gasteiger partial charge in [-0.05, 0) is 61.1 Å². The number of hydrogen-bond donors (Lipinski definition) is 1. The van der Waals surface area contributed by atoms with Crippen molar-refractivity contribution in [2.24, 2.45) is 0 Å². The number of methoxy groups -OCH3 is 1. The minimum atomic E-state index is -3.75. The van der Waals surface area contributed by atoms with Crippen LogP contribution in [0.3, 0.4) is 0 Å². The van der Waals surface area contributed by atoms with Crippen molar-refractivity contribution in [3.8, 4) is 5.75 Å². The molecule has 1 fully saturated rings. The average Bonchev–Trinajstić information content (AvgIpc) is 2.92. The van der Waals surface area contributed by atoms with Crippen LogP contribution in [0, 0.1) is 0 Å². The molecule has 0 spiro atoms. The molecule has 0 saturated heterocycles. The predicted molar refractivity (Wildman–Crippen MR) is 151 cm³/mol. The fourth-order valence-electron chi connectivity index (χ4n) is 4.90. The summed E-state index contributed by atoms with van der Waals surface area (Å²) in [6.07, 6.45) is 7.52. The van der Waals surface area contributed by atoms with Crippen LogP contribution in [0.4, 0.5) is 5.69 Å². The smallest absolute Gasteiger partial charge is 0.244 e. The second kappa shape index (κ2) is 13.6.